The number of rotatable bonds is 44. The van der Waals surface area contributed by atoms with Gasteiger partial charge in [0.25, 0.3) is 0 Å². The van der Waals surface area contributed by atoms with Crippen LogP contribution < -0.4 is 0 Å². The summed E-state index contributed by atoms with van der Waals surface area (Å²) in [4.78, 5) is 37.6. The summed E-state index contributed by atoms with van der Waals surface area (Å²) in [6.45, 7) is 6.20. The number of hydrogen-bond donors (Lipinski definition) is 0. The van der Waals surface area contributed by atoms with Crippen molar-refractivity contribution < 1.29 is 28.6 Å². The van der Waals surface area contributed by atoms with Gasteiger partial charge in [-0.1, -0.05) is 204 Å². The summed E-state index contributed by atoms with van der Waals surface area (Å²) >= 11 is 0. The van der Waals surface area contributed by atoms with Crippen LogP contribution in [0.15, 0.2) is 158 Å². The second kappa shape index (κ2) is 53.6. The van der Waals surface area contributed by atoms with E-state index in [1.165, 1.54) is 0 Å². The minimum Gasteiger partial charge on any atom is -0.462 e. The third kappa shape index (κ3) is 51.9. The maximum absolute atomic E-state index is 12.7. The fraction of sp³-hybridized carbons (Fsp3) is 0.525. The van der Waals surface area contributed by atoms with Gasteiger partial charge in [-0.2, -0.15) is 0 Å². The number of esters is 3. The SMILES string of the molecule is CC/C=C\C/C=C\C/C=C\C/C=C\C/C=C\C/C=C\C/C=C\C/C=C\CCCCC(=O)OCC(COC(=O)CCCCCCC)OC(=O)CCC/C=C\C/C=C\C/C=C\C/C=C\C/C=C\CC. The molecule has 0 aliphatic rings. The van der Waals surface area contributed by atoms with Crippen molar-refractivity contribution >= 4 is 17.9 Å². The summed E-state index contributed by atoms with van der Waals surface area (Å²) in [6.07, 6.45) is 78.5. The fourth-order valence-corrected chi connectivity index (χ4v) is 6.20. The van der Waals surface area contributed by atoms with Crippen LogP contribution in [-0.4, -0.2) is 37.2 Å². The van der Waals surface area contributed by atoms with Crippen molar-refractivity contribution in [2.24, 2.45) is 0 Å². The van der Waals surface area contributed by atoms with Crippen molar-refractivity contribution in [2.75, 3.05) is 13.2 Å². The quantitative estimate of drug-likeness (QED) is 0.0262. The largest absolute Gasteiger partial charge is 0.462 e. The number of allylic oxidation sites excluding steroid dienone is 26. The molecule has 6 nitrogen and oxygen atoms in total. The molecular weight excluding hydrogens is 829 g/mol. The summed E-state index contributed by atoms with van der Waals surface area (Å²) in [5.41, 5.74) is 0. The second-order valence-corrected chi connectivity index (χ2v) is 16.3. The molecule has 67 heavy (non-hydrogen) atoms. The van der Waals surface area contributed by atoms with Gasteiger partial charge in [-0.15, -0.1) is 0 Å². The lowest BCUT2D eigenvalue weighted by molar-refractivity contribution is -0.167. The van der Waals surface area contributed by atoms with Gasteiger partial charge in [0.15, 0.2) is 6.10 Å². The molecule has 372 valence electrons. The molecule has 0 saturated carbocycles. The Bertz CT molecular complexity index is 1570. The van der Waals surface area contributed by atoms with Crippen molar-refractivity contribution in [2.45, 2.75) is 194 Å². The van der Waals surface area contributed by atoms with Gasteiger partial charge in [0.2, 0.25) is 0 Å². The molecule has 0 N–H and O–H groups in total. The lowest BCUT2D eigenvalue weighted by Gasteiger charge is -2.18. The molecular formula is C61H92O6. The number of carbonyl (C=O) groups excluding carboxylic acids is 3. The first-order chi connectivity index (χ1) is 33.0. The van der Waals surface area contributed by atoms with Gasteiger partial charge in [0.1, 0.15) is 13.2 Å². The Hall–Kier alpha value is -4.97. The zero-order valence-corrected chi connectivity index (χ0v) is 42.3. The molecule has 0 fully saturated rings. The van der Waals surface area contributed by atoms with Gasteiger partial charge in [-0.05, 0) is 122 Å². The summed E-state index contributed by atoms with van der Waals surface area (Å²) in [5.74, 6) is -1.06. The normalized spacial score (nSPS) is 13.4. The Kier molecular flexibility index (Phi) is 49.7. The van der Waals surface area contributed by atoms with Crippen molar-refractivity contribution in [3.8, 4) is 0 Å². The first-order valence-corrected chi connectivity index (χ1v) is 26.0. The zero-order valence-electron chi connectivity index (χ0n) is 42.3. The van der Waals surface area contributed by atoms with Crippen LogP contribution in [0.1, 0.15) is 188 Å². The number of carbonyl (C=O) groups is 3. The maximum Gasteiger partial charge on any atom is 0.306 e. The van der Waals surface area contributed by atoms with E-state index in [9.17, 15) is 14.4 Å². The molecule has 0 radical (unpaired) electrons. The molecule has 1 atom stereocenters. The van der Waals surface area contributed by atoms with Crippen molar-refractivity contribution in [3.05, 3.63) is 158 Å². The summed E-state index contributed by atoms with van der Waals surface area (Å²) < 4.78 is 16.6. The highest BCUT2D eigenvalue weighted by Crippen LogP contribution is 2.10. The Balaban J connectivity index is 4.35. The van der Waals surface area contributed by atoms with Gasteiger partial charge in [-0.25, -0.2) is 0 Å². The molecule has 0 spiro atoms. The van der Waals surface area contributed by atoms with Gasteiger partial charge < -0.3 is 14.2 Å². The molecule has 0 amide bonds. The molecule has 0 rings (SSSR count). The van der Waals surface area contributed by atoms with E-state index in [1.807, 2.05) is 0 Å². The molecule has 0 aromatic rings. The smallest absolute Gasteiger partial charge is 0.306 e. The minimum absolute atomic E-state index is 0.123. The topological polar surface area (TPSA) is 78.9 Å². The van der Waals surface area contributed by atoms with Gasteiger partial charge in [0, 0.05) is 19.3 Å². The van der Waals surface area contributed by atoms with E-state index in [0.29, 0.717) is 19.3 Å². The summed E-state index contributed by atoms with van der Waals surface area (Å²) in [7, 11) is 0. The summed E-state index contributed by atoms with van der Waals surface area (Å²) in [5, 5.41) is 0. The van der Waals surface area contributed by atoms with Crippen LogP contribution in [0.5, 0.6) is 0 Å². The van der Waals surface area contributed by atoms with Crippen LogP contribution >= 0.6 is 0 Å². The van der Waals surface area contributed by atoms with E-state index in [2.05, 4.69) is 179 Å². The predicted octanol–water partition coefficient (Wildman–Crippen LogP) is 17.4. The second-order valence-electron chi connectivity index (χ2n) is 16.3. The molecule has 0 aliphatic heterocycles. The number of hydrogen-bond acceptors (Lipinski definition) is 6. The summed E-state index contributed by atoms with van der Waals surface area (Å²) in [6, 6.07) is 0. The molecule has 0 aromatic heterocycles. The highest BCUT2D eigenvalue weighted by atomic mass is 16.6. The van der Waals surface area contributed by atoms with Crippen LogP contribution in [0.25, 0.3) is 0 Å². The third-order valence-corrected chi connectivity index (χ3v) is 10.0. The molecule has 0 aromatic carbocycles. The first kappa shape index (κ1) is 62.0. The number of unbranched alkanes of at least 4 members (excludes halogenated alkanes) is 7. The van der Waals surface area contributed by atoms with E-state index in [4.69, 9.17) is 14.2 Å². The van der Waals surface area contributed by atoms with Crippen LogP contribution in [0.4, 0.5) is 0 Å². The average molecular weight is 921 g/mol. The molecule has 0 bridgehead atoms. The predicted molar refractivity (Wildman–Crippen MR) is 288 cm³/mol. The first-order valence-electron chi connectivity index (χ1n) is 26.0. The molecule has 0 heterocycles. The Morgan fingerprint density at radius 1 is 0.313 bits per heavy atom. The van der Waals surface area contributed by atoms with Crippen LogP contribution in [0.3, 0.4) is 0 Å². The Labute approximate surface area is 409 Å². The van der Waals surface area contributed by atoms with E-state index >= 15 is 0 Å². The van der Waals surface area contributed by atoms with Crippen molar-refractivity contribution in [1.82, 2.24) is 0 Å². The van der Waals surface area contributed by atoms with E-state index in [0.717, 1.165) is 135 Å². The van der Waals surface area contributed by atoms with E-state index in [1.54, 1.807) is 0 Å². The monoisotopic (exact) mass is 921 g/mol. The lowest BCUT2D eigenvalue weighted by Crippen LogP contribution is -2.30. The molecule has 0 saturated heterocycles. The van der Waals surface area contributed by atoms with Crippen LogP contribution in [0.2, 0.25) is 0 Å². The van der Waals surface area contributed by atoms with Crippen molar-refractivity contribution in [1.29, 1.82) is 0 Å². The highest BCUT2D eigenvalue weighted by molar-refractivity contribution is 5.71. The van der Waals surface area contributed by atoms with Gasteiger partial charge in [-0.3, -0.25) is 14.4 Å². The standard InChI is InChI=1S/C61H92O6/c1-4-7-10-13-15-17-19-21-23-25-26-27-28-29-30-31-32-33-34-36-37-39-41-43-45-48-51-54-60(63)66-57-58(56-65-59(62)53-50-47-12-9-6-3)67-61(64)55-52-49-46-44-42-40-38-35-24-22-20-18-16-14-11-8-5-2/h7-8,10-11,15-18,21-24,26-27,29-30,32-33,36-38,40-41,43-44,46,58H,4-6,9,12-14,19-20,25,28,31,34-35,39,42,45,47-57H2,1-3H3/b10-7-,11-8-,17-15-,18-16-,23-21-,24-22-,27-26-,30-29-,33-32-,37-36-,40-38-,43-41-,46-44-. The lowest BCUT2D eigenvalue weighted by atomic mass is 10.1. The molecule has 0 aliphatic carbocycles. The number of ether oxygens (including phenoxy) is 3. The van der Waals surface area contributed by atoms with E-state index in [-0.39, 0.29) is 44.0 Å². The maximum atomic E-state index is 12.7. The fourth-order valence-electron chi connectivity index (χ4n) is 6.20. The highest BCUT2D eigenvalue weighted by Gasteiger charge is 2.19. The van der Waals surface area contributed by atoms with Gasteiger partial charge in [0.05, 0.1) is 0 Å². The minimum atomic E-state index is -0.829. The van der Waals surface area contributed by atoms with Crippen LogP contribution in [-0.2, 0) is 28.6 Å². The average Bonchev–Trinajstić information content (AvgIpc) is 3.33. The zero-order chi connectivity index (χ0) is 48.6. The third-order valence-electron chi connectivity index (χ3n) is 10.0. The van der Waals surface area contributed by atoms with E-state index < -0.39 is 6.10 Å². The molecule has 1 unspecified atom stereocenters. The van der Waals surface area contributed by atoms with Crippen LogP contribution in [0, 0.1) is 0 Å². The van der Waals surface area contributed by atoms with Crippen molar-refractivity contribution in [3.63, 3.8) is 0 Å². The molecule has 6 heteroatoms. The van der Waals surface area contributed by atoms with Gasteiger partial charge >= 0.3 is 17.9 Å². The Morgan fingerprint density at radius 3 is 0.940 bits per heavy atom. The Morgan fingerprint density at radius 2 is 0.597 bits per heavy atom.